The molecule has 1 aromatic carbocycles. The van der Waals surface area contributed by atoms with Crippen molar-refractivity contribution in [2.24, 2.45) is 4.99 Å². The van der Waals surface area contributed by atoms with E-state index in [1.807, 2.05) is 6.92 Å². The number of nitrogens with one attached hydrogen (secondary N) is 1. The number of carbonyl (C=O) groups excluding carboxylic acids is 1. The summed E-state index contributed by atoms with van der Waals surface area (Å²) < 4.78 is 21.0. The van der Waals surface area contributed by atoms with Crippen molar-refractivity contribution in [3.05, 3.63) is 47.3 Å². The Labute approximate surface area is 154 Å². The summed E-state index contributed by atoms with van der Waals surface area (Å²) in [5.74, 6) is 0.423. The number of halogens is 1. The molecule has 0 radical (unpaired) electrons. The van der Waals surface area contributed by atoms with Crippen LogP contribution in [-0.2, 0) is 10.3 Å². The van der Waals surface area contributed by atoms with Crippen LogP contribution in [0, 0.1) is 5.82 Å². The third-order valence-electron chi connectivity index (χ3n) is 5.40. The molecule has 3 aliphatic rings. The third kappa shape index (κ3) is 2.28. The number of hydrogen-bond acceptors (Lipinski definition) is 5. The van der Waals surface area contributed by atoms with Crippen molar-refractivity contribution >= 4 is 23.8 Å². The lowest BCUT2D eigenvalue weighted by Crippen LogP contribution is -3.06. The summed E-state index contributed by atoms with van der Waals surface area (Å²) in [6, 6.07) is 4.22. The van der Waals surface area contributed by atoms with Crippen LogP contribution >= 0.6 is 0 Å². The minimum atomic E-state index is -0.448. The number of aromatic nitrogens is 3. The molecule has 0 aliphatic carbocycles. The molecule has 0 bridgehead atoms. The fourth-order valence-corrected chi connectivity index (χ4v) is 3.87. The summed E-state index contributed by atoms with van der Waals surface area (Å²) >= 11 is 0. The molecule has 138 valence electrons. The first-order valence-electron chi connectivity index (χ1n) is 8.79. The predicted molar refractivity (Wildman–Crippen MR) is 93.4 cm³/mol. The van der Waals surface area contributed by atoms with Crippen LogP contribution in [0.25, 0.3) is 5.82 Å². The van der Waals surface area contributed by atoms with Crippen LogP contribution in [0.2, 0.25) is 0 Å². The summed E-state index contributed by atoms with van der Waals surface area (Å²) in [6.07, 6.45) is 5.35. The molecule has 0 spiro atoms. The Balaban J connectivity index is 1.60. The summed E-state index contributed by atoms with van der Waals surface area (Å²) in [7, 11) is 1.65. The number of benzene rings is 1. The first kappa shape index (κ1) is 16.3. The lowest BCUT2D eigenvalue weighted by molar-refractivity contribution is -0.685. The largest absolute Gasteiger partial charge is 0.369 e. The standard InChI is InChI=1S/C18H17FN6O2/c1-18(6-3-7-27-18)14-9-25(22-21-14)15-16-23(2)17(26)12-8-11(19)4-5-13(12)24(16)10-20-15/h4-5,8-10H,3,6-7H2,1-2H3/p+1. The highest BCUT2D eigenvalue weighted by atomic mass is 19.1. The molecule has 3 aliphatic heterocycles. The Bertz CT molecular complexity index is 1020. The summed E-state index contributed by atoms with van der Waals surface area (Å²) in [5, 5.41) is 8.48. The van der Waals surface area contributed by atoms with Gasteiger partial charge in [-0.2, -0.15) is 9.67 Å². The van der Waals surface area contributed by atoms with Crippen LogP contribution in [0.5, 0.6) is 0 Å². The second-order valence-corrected chi connectivity index (χ2v) is 7.13. The monoisotopic (exact) mass is 369 g/mol. The average molecular weight is 369 g/mol. The molecule has 2 unspecified atom stereocenters. The van der Waals surface area contributed by atoms with E-state index in [0.29, 0.717) is 29.5 Å². The zero-order chi connectivity index (χ0) is 18.8. The number of amides is 1. The van der Waals surface area contributed by atoms with Crippen LogP contribution in [0.4, 0.5) is 10.1 Å². The lowest BCUT2D eigenvalue weighted by Gasteiger charge is -2.28. The van der Waals surface area contributed by atoms with E-state index in [1.54, 1.807) is 30.3 Å². The first-order valence-corrected chi connectivity index (χ1v) is 8.79. The van der Waals surface area contributed by atoms with Crippen molar-refractivity contribution in [2.75, 3.05) is 13.7 Å². The zero-order valence-corrected chi connectivity index (χ0v) is 14.9. The van der Waals surface area contributed by atoms with Crippen LogP contribution in [0.15, 0.2) is 35.2 Å². The van der Waals surface area contributed by atoms with Crippen molar-refractivity contribution < 1.29 is 18.8 Å². The molecule has 8 nitrogen and oxygen atoms in total. The van der Waals surface area contributed by atoms with E-state index in [0.717, 1.165) is 23.4 Å². The Morgan fingerprint density at radius 2 is 2.22 bits per heavy atom. The van der Waals surface area contributed by atoms with E-state index >= 15 is 0 Å². The molecule has 1 aromatic heterocycles. The zero-order valence-electron chi connectivity index (χ0n) is 14.9. The number of carbonyl (C=O) groups is 1. The van der Waals surface area contributed by atoms with Gasteiger partial charge >= 0.3 is 0 Å². The van der Waals surface area contributed by atoms with Crippen LogP contribution in [0.3, 0.4) is 0 Å². The van der Waals surface area contributed by atoms with Gasteiger partial charge in [0.25, 0.3) is 11.7 Å². The Hall–Kier alpha value is -2.91. The molecule has 1 amide bonds. The van der Waals surface area contributed by atoms with Crippen molar-refractivity contribution in [1.82, 2.24) is 19.9 Å². The van der Waals surface area contributed by atoms with Crippen LogP contribution in [-0.4, -0.2) is 45.8 Å². The van der Waals surface area contributed by atoms with Gasteiger partial charge in [0.05, 0.1) is 6.20 Å². The average Bonchev–Trinajstić information content (AvgIpc) is 3.38. The van der Waals surface area contributed by atoms with E-state index in [9.17, 15) is 9.18 Å². The molecular formula is C18H18FN6O2+. The van der Waals surface area contributed by atoms with Gasteiger partial charge < -0.3 is 4.74 Å². The maximum atomic E-state index is 13.6. The van der Waals surface area contributed by atoms with Gasteiger partial charge in [-0.3, -0.25) is 9.69 Å². The molecule has 5 rings (SSSR count). The number of ether oxygens (including phenoxy) is 1. The van der Waals surface area contributed by atoms with Crippen molar-refractivity contribution in [2.45, 2.75) is 25.4 Å². The molecule has 1 N–H and O–H groups in total. The van der Waals surface area contributed by atoms with Gasteiger partial charge in [0.15, 0.2) is 5.69 Å². The summed E-state index contributed by atoms with van der Waals surface area (Å²) in [6.45, 7) is 2.71. The van der Waals surface area contributed by atoms with Crippen molar-refractivity contribution in [3.8, 4) is 0 Å². The maximum absolute atomic E-state index is 13.6. The lowest BCUT2D eigenvalue weighted by atomic mass is 10.00. The van der Waals surface area contributed by atoms with Gasteiger partial charge in [0.1, 0.15) is 22.7 Å². The van der Waals surface area contributed by atoms with E-state index in [4.69, 9.17) is 4.74 Å². The van der Waals surface area contributed by atoms with Gasteiger partial charge in [-0.15, -0.1) is 5.10 Å². The summed E-state index contributed by atoms with van der Waals surface area (Å²) in [4.78, 5) is 19.5. The highest BCUT2D eigenvalue weighted by Crippen LogP contribution is 2.34. The second kappa shape index (κ2) is 5.54. The normalized spacial score (nSPS) is 26.7. The fourth-order valence-electron chi connectivity index (χ4n) is 3.87. The minimum absolute atomic E-state index is 0.280. The highest BCUT2D eigenvalue weighted by molar-refractivity contribution is 6.01. The van der Waals surface area contributed by atoms with E-state index < -0.39 is 11.4 Å². The van der Waals surface area contributed by atoms with Gasteiger partial charge in [-0.1, -0.05) is 5.21 Å². The Morgan fingerprint density at radius 1 is 1.37 bits per heavy atom. The van der Waals surface area contributed by atoms with Gasteiger partial charge in [0.2, 0.25) is 12.2 Å². The number of quaternary nitrogens is 1. The summed E-state index contributed by atoms with van der Waals surface area (Å²) in [5.41, 5.74) is 1.29. The Kier molecular flexibility index (Phi) is 3.34. The third-order valence-corrected chi connectivity index (χ3v) is 5.40. The first-order chi connectivity index (χ1) is 13.0. The smallest absolute Gasteiger partial charge is 0.268 e. The van der Waals surface area contributed by atoms with E-state index in [1.165, 1.54) is 17.0 Å². The second-order valence-electron chi connectivity index (χ2n) is 7.13. The van der Waals surface area contributed by atoms with Gasteiger partial charge in [-0.25, -0.2) is 9.29 Å². The molecule has 2 aromatic rings. The van der Waals surface area contributed by atoms with E-state index in [2.05, 4.69) is 15.3 Å². The molecule has 2 atom stereocenters. The van der Waals surface area contributed by atoms with Crippen LogP contribution in [0.1, 0.15) is 35.8 Å². The van der Waals surface area contributed by atoms with Crippen LogP contribution < -0.4 is 4.90 Å². The molecule has 0 saturated carbocycles. The number of aliphatic imine (C=N–C) groups is 1. The number of hydrogen-bond donors (Lipinski definition) is 1. The number of fused-ring (bicyclic) bond motifs is 3. The molecule has 9 heteroatoms. The molecule has 4 heterocycles. The topological polar surface area (TPSA) is 77.0 Å². The van der Waals surface area contributed by atoms with Crippen molar-refractivity contribution in [1.29, 1.82) is 0 Å². The predicted octanol–water partition coefficient (Wildman–Crippen LogP) is 0.870. The molecule has 1 fully saturated rings. The quantitative estimate of drug-likeness (QED) is 0.852. The highest BCUT2D eigenvalue weighted by Gasteiger charge is 2.43. The SMILES string of the molecule is CN1C(=O)c2cc(F)ccc2[NH+]2C=NC(n3cc(C4(C)CCCO4)nn3)=C12. The molecular weight excluding hydrogens is 351 g/mol. The maximum Gasteiger partial charge on any atom is 0.268 e. The minimum Gasteiger partial charge on any atom is -0.369 e. The molecule has 1 saturated heterocycles. The number of nitrogens with zero attached hydrogens (tertiary/aromatic N) is 5. The fraction of sp³-hybridized carbons (Fsp3) is 0.333. The van der Waals surface area contributed by atoms with Crippen molar-refractivity contribution in [3.63, 3.8) is 0 Å². The van der Waals surface area contributed by atoms with E-state index in [-0.39, 0.29) is 5.91 Å². The van der Waals surface area contributed by atoms with Gasteiger partial charge in [0, 0.05) is 19.7 Å². The Morgan fingerprint density at radius 3 is 3.00 bits per heavy atom. The number of rotatable bonds is 2. The molecule has 27 heavy (non-hydrogen) atoms. The van der Waals surface area contributed by atoms with Gasteiger partial charge in [-0.05, 0) is 31.9 Å².